The first-order chi connectivity index (χ1) is 14.5. The van der Waals surface area contributed by atoms with Crippen LogP contribution in [-0.4, -0.2) is 11.6 Å². The van der Waals surface area contributed by atoms with Crippen LogP contribution in [0.1, 0.15) is 23.6 Å². The SMILES string of the molecule is CC1=NN(c2ccccc2)C(=O)/C1=C/c1cc(C)ccc1OCc1ccccc1F. The number of nitrogens with zero attached hydrogens (tertiary/aromatic N) is 2. The van der Waals surface area contributed by atoms with Crippen molar-refractivity contribution in [3.05, 3.63) is 101 Å². The summed E-state index contributed by atoms with van der Waals surface area (Å²) in [6, 6.07) is 21.5. The zero-order valence-electron chi connectivity index (χ0n) is 16.8. The van der Waals surface area contributed by atoms with Gasteiger partial charge in [-0.3, -0.25) is 4.79 Å². The number of carbonyl (C=O) groups excluding carboxylic acids is 1. The van der Waals surface area contributed by atoms with E-state index >= 15 is 0 Å². The highest BCUT2D eigenvalue weighted by Gasteiger charge is 2.28. The van der Waals surface area contributed by atoms with E-state index < -0.39 is 0 Å². The summed E-state index contributed by atoms with van der Waals surface area (Å²) in [5.41, 5.74) is 4.09. The lowest BCUT2D eigenvalue weighted by atomic mass is 10.0. The number of rotatable bonds is 5. The summed E-state index contributed by atoms with van der Waals surface area (Å²) in [4.78, 5) is 13.0. The molecule has 0 bridgehead atoms. The Morgan fingerprint density at radius 3 is 2.50 bits per heavy atom. The third kappa shape index (κ3) is 4.01. The predicted octanol–water partition coefficient (Wildman–Crippen LogP) is 5.52. The number of anilines is 1. The van der Waals surface area contributed by atoms with Crippen molar-refractivity contribution in [2.75, 3.05) is 5.01 Å². The van der Waals surface area contributed by atoms with Gasteiger partial charge in [-0.15, -0.1) is 0 Å². The number of para-hydroxylation sites is 1. The number of aryl methyl sites for hydroxylation is 1. The third-order valence-corrected chi connectivity index (χ3v) is 4.87. The van der Waals surface area contributed by atoms with Gasteiger partial charge in [0, 0.05) is 11.1 Å². The normalized spacial score (nSPS) is 14.9. The molecule has 5 heteroatoms. The number of amides is 1. The van der Waals surface area contributed by atoms with Crippen LogP contribution in [-0.2, 0) is 11.4 Å². The van der Waals surface area contributed by atoms with Crippen LogP contribution < -0.4 is 9.75 Å². The molecule has 0 fully saturated rings. The first-order valence-corrected chi connectivity index (χ1v) is 9.66. The Morgan fingerprint density at radius 1 is 1.00 bits per heavy atom. The van der Waals surface area contributed by atoms with Gasteiger partial charge < -0.3 is 4.74 Å². The first-order valence-electron chi connectivity index (χ1n) is 9.66. The maximum atomic E-state index is 13.9. The number of halogens is 1. The van der Waals surface area contributed by atoms with Crippen molar-refractivity contribution in [1.29, 1.82) is 0 Å². The zero-order valence-corrected chi connectivity index (χ0v) is 16.8. The van der Waals surface area contributed by atoms with Crippen LogP contribution in [0.15, 0.2) is 83.5 Å². The Hall–Kier alpha value is -3.73. The second-order valence-corrected chi connectivity index (χ2v) is 7.12. The molecule has 0 unspecified atom stereocenters. The van der Waals surface area contributed by atoms with Crippen LogP contribution in [0, 0.1) is 12.7 Å². The molecule has 150 valence electrons. The fraction of sp³-hybridized carbons (Fsp3) is 0.120. The highest BCUT2D eigenvalue weighted by atomic mass is 19.1. The van der Waals surface area contributed by atoms with E-state index in [4.69, 9.17) is 4.74 Å². The van der Waals surface area contributed by atoms with Gasteiger partial charge in [0.1, 0.15) is 18.2 Å². The van der Waals surface area contributed by atoms with E-state index in [1.54, 1.807) is 24.3 Å². The molecule has 0 N–H and O–H groups in total. The zero-order chi connectivity index (χ0) is 21.1. The molecule has 4 rings (SSSR count). The Balaban J connectivity index is 1.63. The summed E-state index contributed by atoms with van der Waals surface area (Å²) >= 11 is 0. The van der Waals surface area contributed by atoms with Gasteiger partial charge in [0.25, 0.3) is 5.91 Å². The Morgan fingerprint density at radius 2 is 1.73 bits per heavy atom. The second kappa shape index (κ2) is 8.33. The largest absolute Gasteiger partial charge is 0.488 e. The second-order valence-electron chi connectivity index (χ2n) is 7.12. The minimum absolute atomic E-state index is 0.100. The van der Waals surface area contributed by atoms with Gasteiger partial charge in [-0.2, -0.15) is 10.1 Å². The van der Waals surface area contributed by atoms with Gasteiger partial charge >= 0.3 is 0 Å². The Kier molecular flexibility index (Phi) is 5.44. The van der Waals surface area contributed by atoms with Gasteiger partial charge in [-0.05, 0) is 50.3 Å². The number of benzene rings is 3. The highest BCUT2D eigenvalue weighted by Crippen LogP contribution is 2.29. The fourth-order valence-electron chi connectivity index (χ4n) is 3.27. The van der Waals surface area contributed by atoms with Crippen LogP contribution >= 0.6 is 0 Å². The molecule has 0 atom stereocenters. The minimum Gasteiger partial charge on any atom is -0.488 e. The van der Waals surface area contributed by atoms with E-state index in [-0.39, 0.29) is 18.3 Å². The maximum absolute atomic E-state index is 13.9. The monoisotopic (exact) mass is 400 g/mol. The van der Waals surface area contributed by atoms with E-state index in [0.29, 0.717) is 28.3 Å². The average molecular weight is 400 g/mol. The standard InChI is InChI=1S/C25H21FN2O2/c1-17-12-13-24(30-16-19-8-6-7-11-23(19)26)20(14-17)15-22-18(2)27-28(25(22)29)21-9-4-3-5-10-21/h3-15H,16H2,1-2H3/b22-15+. The third-order valence-electron chi connectivity index (χ3n) is 4.87. The maximum Gasteiger partial charge on any atom is 0.280 e. The van der Waals surface area contributed by atoms with E-state index in [1.807, 2.05) is 62.4 Å². The van der Waals surface area contributed by atoms with Crippen LogP contribution in [0.3, 0.4) is 0 Å². The molecule has 3 aromatic rings. The molecule has 0 saturated carbocycles. The number of hydrazone groups is 1. The minimum atomic E-state index is -0.308. The molecule has 1 aliphatic rings. The van der Waals surface area contributed by atoms with Crippen LogP contribution in [0.2, 0.25) is 0 Å². The summed E-state index contributed by atoms with van der Waals surface area (Å²) in [6.07, 6.45) is 1.79. The van der Waals surface area contributed by atoms with E-state index in [9.17, 15) is 9.18 Å². The molecular weight excluding hydrogens is 379 g/mol. The molecule has 1 amide bonds. The number of hydrogen-bond acceptors (Lipinski definition) is 3. The van der Waals surface area contributed by atoms with Crippen molar-refractivity contribution in [1.82, 2.24) is 0 Å². The van der Waals surface area contributed by atoms with Gasteiger partial charge in [-0.1, -0.05) is 48.0 Å². The van der Waals surface area contributed by atoms with E-state index in [2.05, 4.69) is 5.10 Å². The van der Waals surface area contributed by atoms with Crippen molar-refractivity contribution in [2.45, 2.75) is 20.5 Å². The van der Waals surface area contributed by atoms with Crippen LogP contribution in [0.4, 0.5) is 10.1 Å². The summed E-state index contributed by atoms with van der Waals surface area (Å²) < 4.78 is 19.8. The molecule has 4 nitrogen and oxygen atoms in total. The van der Waals surface area contributed by atoms with Gasteiger partial charge in [0.15, 0.2) is 0 Å². The smallest absolute Gasteiger partial charge is 0.280 e. The molecule has 0 aliphatic carbocycles. The van der Waals surface area contributed by atoms with Crippen LogP contribution in [0.25, 0.3) is 6.08 Å². The van der Waals surface area contributed by atoms with Gasteiger partial charge in [-0.25, -0.2) is 4.39 Å². The summed E-state index contributed by atoms with van der Waals surface area (Å²) in [5, 5.41) is 5.82. The van der Waals surface area contributed by atoms with Gasteiger partial charge in [0.2, 0.25) is 0 Å². The molecule has 1 heterocycles. The quantitative estimate of drug-likeness (QED) is 0.529. The fourth-order valence-corrected chi connectivity index (χ4v) is 3.27. The lowest BCUT2D eigenvalue weighted by Crippen LogP contribution is -2.21. The lowest BCUT2D eigenvalue weighted by Gasteiger charge is -2.12. The Bertz CT molecular complexity index is 1150. The van der Waals surface area contributed by atoms with Crippen molar-refractivity contribution >= 4 is 23.4 Å². The van der Waals surface area contributed by atoms with Crippen molar-refractivity contribution < 1.29 is 13.9 Å². The number of hydrogen-bond donors (Lipinski definition) is 0. The van der Waals surface area contributed by atoms with Crippen molar-refractivity contribution in [3.8, 4) is 5.75 Å². The van der Waals surface area contributed by atoms with E-state index in [1.165, 1.54) is 11.1 Å². The first kappa shape index (κ1) is 19.6. The molecule has 0 radical (unpaired) electrons. The molecule has 0 spiro atoms. The predicted molar refractivity (Wildman–Crippen MR) is 117 cm³/mol. The molecule has 1 aliphatic heterocycles. The number of carbonyl (C=O) groups is 1. The van der Waals surface area contributed by atoms with Crippen LogP contribution in [0.5, 0.6) is 5.75 Å². The molecule has 30 heavy (non-hydrogen) atoms. The molecule has 0 aromatic heterocycles. The highest BCUT2D eigenvalue weighted by molar-refractivity contribution is 6.32. The van der Waals surface area contributed by atoms with Crippen molar-refractivity contribution in [3.63, 3.8) is 0 Å². The molecule has 3 aromatic carbocycles. The van der Waals surface area contributed by atoms with Crippen molar-refractivity contribution in [2.24, 2.45) is 5.10 Å². The van der Waals surface area contributed by atoms with Gasteiger partial charge in [0.05, 0.1) is 17.0 Å². The molecular formula is C25H21FN2O2. The summed E-state index contributed by atoms with van der Waals surface area (Å²) in [6.45, 7) is 3.88. The number of ether oxygens (including phenoxy) is 1. The summed E-state index contributed by atoms with van der Waals surface area (Å²) in [7, 11) is 0. The topological polar surface area (TPSA) is 41.9 Å². The molecule has 0 saturated heterocycles. The Labute approximate surface area is 174 Å². The van der Waals surface area contributed by atoms with E-state index in [0.717, 1.165) is 11.1 Å². The lowest BCUT2D eigenvalue weighted by molar-refractivity contribution is -0.114. The average Bonchev–Trinajstić information content (AvgIpc) is 3.03. The summed E-state index contributed by atoms with van der Waals surface area (Å²) in [5.74, 6) is 0.0762.